The molecule has 1 aliphatic rings. The van der Waals surface area contributed by atoms with Crippen LogP contribution in [0.4, 0.5) is 5.88 Å². The quantitative estimate of drug-likeness (QED) is 0.662. The van der Waals surface area contributed by atoms with Gasteiger partial charge in [0.25, 0.3) is 0 Å². The zero-order valence-corrected chi connectivity index (χ0v) is 7.64. The molecule has 0 radical (unpaired) electrons. The van der Waals surface area contributed by atoms with Crippen molar-refractivity contribution in [1.82, 2.24) is 0 Å². The number of nitrogens with zero attached hydrogens (tertiary/aromatic N) is 2. The van der Waals surface area contributed by atoms with Crippen LogP contribution in [-0.2, 0) is 0 Å². The molecule has 1 atom stereocenters. The van der Waals surface area contributed by atoms with Gasteiger partial charge in [0.15, 0.2) is 17.9 Å². The predicted molar refractivity (Wildman–Crippen MR) is 50.0 cm³/mol. The number of hydrogen-bond donors (Lipinski definition) is 0. The normalized spacial score (nSPS) is 20.8. The van der Waals surface area contributed by atoms with Crippen molar-refractivity contribution >= 4 is 12.2 Å². The van der Waals surface area contributed by atoms with Crippen LogP contribution < -0.4 is 4.90 Å². The Morgan fingerprint density at radius 2 is 2.50 bits per heavy atom. The Balaban J connectivity index is 2.10. The van der Waals surface area contributed by atoms with E-state index in [4.69, 9.17) is 9.68 Å². The van der Waals surface area contributed by atoms with Crippen molar-refractivity contribution in [1.29, 1.82) is 5.26 Å². The minimum absolute atomic E-state index is 0.0831. The summed E-state index contributed by atoms with van der Waals surface area (Å²) >= 11 is 0. The molecule has 4 nitrogen and oxygen atoms in total. The van der Waals surface area contributed by atoms with Gasteiger partial charge in [-0.05, 0) is 12.5 Å². The van der Waals surface area contributed by atoms with Gasteiger partial charge in [-0.2, -0.15) is 5.26 Å². The summed E-state index contributed by atoms with van der Waals surface area (Å²) in [4.78, 5) is 12.4. The van der Waals surface area contributed by atoms with Gasteiger partial charge in [0.1, 0.15) is 0 Å². The number of nitriles is 1. The lowest BCUT2D eigenvalue weighted by Gasteiger charge is -2.12. The Kier molecular flexibility index (Phi) is 2.23. The van der Waals surface area contributed by atoms with Gasteiger partial charge in [-0.15, -0.1) is 0 Å². The van der Waals surface area contributed by atoms with E-state index < -0.39 is 0 Å². The molecule has 2 heterocycles. The van der Waals surface area contributed by atoms with Gasteiger partial charge >= 0.3 is 0 Å². The van der Waals surface area contributed by atoms with Crippen molar-refractivity contribution in [2.75, 3.05) is 18.0 Å². The zero-order valence-electron chi connectivity index (χ0n) is 7.64. The van der Waals surface area contributed by atoms with Crippen LogP contribution in [0.3, 0.4) is 0 Å². The van der Waals surface area contributed by atoms with Crippen LogP contribution in [0.2, 0.25) is 0 Å². The number of aldehydes is 1. The van der Waals surface area contributed by atoms with Crippen LogP contribution in [0.1, 0.15) is 17.0 Å². The summed E-state index contributed by atoms with van der Waals surface area (Å²) in [6.45, 7) is 1.52. The fraction of sp³-hybridized carbons (Fsp3) is 0.400. The van der Waals surface area contributed by atoms with E-state index >= 15 is 0 Å². The van der Waals surface area contributed by atoms with E-state index in [1.54, 1.807) is 12.1 Å². The minimum atomic E-state index is 0.0831. The summed E-state index contributed by atoms with van der Waals surface area (Å²) < 4.78 is 5.26. The number of hydrogen-bond acceptors (Lipinski definition) is 4. The third-order valence-corrected chi connectivity index (χ3v) is 2.41. The van der Waals surface area contributed by atoms with Gasteiger partial charge in [-0.25, -0.2) is 0 Å². The summed E-state index contributed by atoms with van der Waals surface area (Å²) in [5, 5.41) is 8.72. The summed E-state index contributed by atoms with van der Waals surface area (Å²) in [5.74, 6) is 1.10. The monoisotopic (exact) mass is 190 g/mol. The predicted octanol–water partition coefficient (Wildman–Crippen LogP) is 1.44. The highest BCUT2D eigenvalue weighted by molar-refractivity contribution is 5.71. The van der Waals surface area contributed by atoms with Crippen LogP contribution in [0, 0.1) is 17.2 Å². The first-order chi connectivity index (χ1) is 6.83. The molecule has 0 bridgehead atoms. The Morgan fingerprint density at radius 3 is 3.07 bits per heavy atom. The number of carbonyl (C=O) groups excluding carboxylic acids is 1. The Hall–Kier alpha value is -1.76. The smallest absolute Gasteiger partial charge is 0.196 e. The number of carbonyl (C=O) groups is 1. The number of furan rings is 1. The van der Waals surface area contributed by atoms with E-state index in [2.05, 4.69) is 6.07 Å². The van der Waals surface area contributed by atoms with Gasteiger partial charge in [-0.3, -0.25) is 4.79 Å². The van der Waals surface area contributed by atoms with Crippen LogP contribution in [0.25, 0.3) is 0 Å². The highest BCUT2D eigenvalue weighted by Crippen LogP contribution is 2.24. The Labute approximate surface area is 81.7 Å². The Morgan fingerprint density at radius 1 is 1.64 bits per heavy atom. The maximum Gasteiger partial charge on any atom is 0.196 e. The standard InChI is InChI=1S/C10H10N2O2/c11-5-8-3-4-12(6-8)10-2-1-9(7-13)14-10/h1-2,7-8H,3-4,6H2. The Bertz CT molecular complexity index is 378. The lowest BCUT2D eigenvalue weighted by Crippen LogP contribution is -2.18. The van der Waals surface area contributed by atoms with E-state index in [0.717, 1.165) is 13.0 Å². The molecular weight excluding hydrogens is 180 g/mol. The SMILES string of the molecule is N#CC1CCN(c2ccc(C=O)o2)C1. The second-order valence-electron chi connectivity index (χ2n) is 3.35. The highest BCUT2D eigenvalue weighted by Gasteiger charge is 2.24. The van der Waals surface area contributed by atoms with Crippen LogP contribution in [-0.4, -0.2) is 19.4 Å². The summed E-state index contributed by atoms with van der Waals surface area (Å²) in [7, 11) is 0. The van der Waals surface area contributed by atoms with Crippen molar-refractivity contribution in [3.05, 3.63) is 17.9 Å². The summed E-state index contributed by atoms with van der Waals surface area (Å²) in [6, 6.07) is 5.64. The maximum atomic E-state index is 10.4. The first kappa shape index (κ1) is 8.82. The van der Waals surface area contributed by atoms with Gasteiger partial charge < -0.3 is 9.32 Å². The average Bonchev–Trinajstić information content (AvgIpc) is 2.86. The molecule has 2 rings (SSSR count). The second-order valence-corrected chi connectivity index (χ2v) is 3.35. The molecule has 1 saturated heterocycles. The molecule has 0 spiro atoms. The molecule has 1 aliphatic heterocycles. The summed E-state index contributed by atoms with van der Waals surface area (Å²) in [6.07, 6.45) is 1.55. The van der Waals surface area contributed by atoms with E-state index in [1.807, 2.05) is 4.90 Å². The molecule has 1 aromatic heterocycles. The first-order valence-corrected chi connectivity index (χ1v) is 4.53. The second kappa shape index (κ2) is 3.54. The average molecular weight is 190 g/mol. The third kappa shape index (κ3) is 1.49. The molecule has 14 heavy (non-hydrogen) atoms. The molecule has 1 aromatic rings. The fourth-order valence-corrected chi connectivity index (χ4v) is 1.64. The van der Waals surface area contributed by atoms with E-state index in [0.29, 0.717) is 24.5 Å². The first-order valence-electron chi connectivity index (χ1n) is 4.53. The molecule has 0 N–H and O–H groups in total. The van der Waals surface area contributed by atoms with Crippen molar-refractivity contribution in [2.24, 2.45) is 5.92 Å². The molecule has 72 valence electrons. The summed E-state index contributed by atoms with van der Waals surface area (Å²) in [5.41, 5.74) is 0. The van der Waals surface area contributed by atoms with E-state index in [1.165, 1.54) is 0 Å². The molecule has 0 saturated carbocycles. The van der Waals surface area contributed by atoms with Crippen molar-refractivity contribution < 1.29 is 9.21 Å². The van der Waals surface area contributed by atoms with Gasteiger partial charge in [0, 0.05) is 19.2 Å². The molecule has 0 aliphatic carbocycles. The van der Waals surface area contributed by atoms with Crippen molar-refractivity contribution in [3.63, 3.8) is 0 Å². The highest BCUT2D eigenvalue weighted by atomic mass is 16.4. The van der Waals surface area contributed by atoms with E-state index in [9.17, 15) is 4.79 Å². The van der Waals surface area contributed by atoms with Crippen molar-refractivity contribution in [3.8, 4) is 6.07 Å². The zero-order chi connectivity index (χ0) is 9.97. The van der Waals surface area contributed by atoms with Crippen LogP contribution in [0.5, 0.6) is 0 Å². The van der Waals surface area contributed by atoms with Gasteiger partial charge in [0.2, 0.25) is 0 Å². The van der Waals surface area contributed by atoms with Crippen LogP contribution in [0.15, 0.2) is 16.5 Å². The molecule has 0 aromatic carbocycles. The molecular formula is C10H10N2O2. The van der Waals surface area contributed by atoms with Crippen LogP contribution >= 0.6 is 0 Å². The van der Waals surface area contributed by atoms with E-state index in [-0.39, 0.29) is 5.92 Å². The van der Waals surface area contributed by atoms with Gasteiger partial charge in [0.05, 0.1) is 12.0 Å². The lowest BCUT2D eigenvalue weighted by atomic mass is 10.1. The molecule has 0 amide bonds. The molecule has 1 fully saturated rings. The van der Waals surface area contributed by atoms with Crippen molar-refractivity contribution in [2.45, 2.75) is 6.42 Å². The molecule has 4 heteroatoms. The number of rotatable bonds is 2. The topological polar surface area (TPSA) is 57.2 Å². The largest absolute Gasteiger partial charge is 0.438 e. The fourth-order valence-electron chi connectivity index (χ4n) is 1.64. The third-order valence-electron chi connectivity index (χ3n) is 2.41. The minimum Gasteiger partial charge on any atom is -0.438 e. The van der Waals surface area contributed by atoms with Gasteiger partial charge in [-0.1, -0.05) is 0 Å². The number of anilines is 1. The maximum absolute atomic E-state index is 10.4. The molecule has 1 unspecified atom stereocenters. The lowest BCUT2D eigenvalue weighted by molar-refractivity contribution is 0.110.